The molecule has 0 fully saturated rings. The molecule has 0 bridgehead atoms. The van der Waals surface area contributed by atoms with Gasteiger partial charge in [-0.2, -0.15) is 5.10 Å². The van der Waals surface area contributed by atoms with E-state index in [9.17, 15) is 5.11 Å². The minimum atomic E-state index is -1.06. The fraction of sp³-hybridized carbons (Fsp3) is 0.444. The first-order valence-electron chi connectivity index (χ1n) is 8.39. The van der Waals surface area contributed by atoms with Crippen LogP contribution in [0, 0.1) is 0 Å². The Kier molecular flexibility index (Phi) is 9.38. The van der Waals surface area contributed by atoms with Crippen molar-refractivity contribution in [3.05, 3.63) is 52.8 Å². The standard InChI is InChI=1S/C18H26ClN5O.HI/c1-4-20-17(21-10-9-14-5-7-16(19)8-6-14)22-13-18(2,25)15-11-23-24(3)12-15;/h5-8,11-12,25H,4,9-10,13H2,1-3H3,(H2,20,21,22);1H. The Bertz CT molecular complexity index is 700. The molecule has 0 aliphatic rings. The van der Waals surface area contributed by atoms with E-state index in [2.05, 4.69) is 20.7 Å². The predicted octanol–water partition coefficient (Wildman–Crippen LogP) is 2.70. The van der Waals surface area contributed by atoms with Crippen LogP contribution in [0.4, 0.5) is 0 Å². The van der Waals surface area contributed by atoms with Crippen LogP contribution in [0.1, 0.15) is 25.0 Å². The number of hydrogen-bond acceptors (Lipinski definition) is 3. The lowest BCUT2D eigenvalue weighted by Crippen LogP contribution is -2.39. The summed E-state index contributed by atoms with van der Waals surface area (Å²) in [5, 5.41) is 21.9. The SMILES string of the molecule is CCNC(=NCC(C)(O)c1cnn(C)c1)NCCc1ccc(Cl)cc1.I. The third-order valence-corrected chi connectivity index (χ3v) is 4.09. The lowest BCUT2D eigenvalue weighted by atomic mass is 10.0. The third kappa shape index (κ3) is 7.13. The summed E-state index contributed by atoms with van der Waals surface area (Å²) in [4.78, 5) is 4.50. The van der Waals surface area contributed by atoms with Gasteiger partial charge in [-0.3, -0.25) is 4.68 Å². The van der Waals surface area contributed by atoms with Gasteiger partial charge in [-0.05, 0) is 38.0 Å². The molecule has 1 aromatic carbocycles. The second kappa shape index (κ2) is 10.7. The van der Waals surface area contributed by atoms with Gasteiger partial charge < -0.3 is 15.7 Å². The van der Waals surface area contributed by atoms with Crippen molar-refractivity contribution in [2.75, 3.05) is 19.6 Å². The van der Waals surface area contributed by atoms with Crippen LogP contribution in [0.3, 0.4) is 0 Å². The van der Waals surface area contributed by atoms with Crippen LogP contribution >= 0.6 is 35.6 Å². The largest absolute Gasteiger partial charge is 0.383 e. The van der Waals surface area contributed by atoms with Gasteiger partial charge in [0.1, 0.15) is 5.60 Å². The smallest absolute Gasteiger partial charge is 0.191 e. The maximum atomic E-state index is 10.6. The fourth-order valence-corrected chi connectivity index (χ4v) is 2.47. The molecule has 2 rings (SSSR count). The number of hydrogen-bond donors (Lipinski definition) is 3. The van der Waals surface area contributed by atoms with Crippen LogP contribution in [0.5, 0.6) is 0 Å². The number of aromatic nitrogens is 2. The molecule has 0 saturated heterocycles. The van der Waals surface area contributed by atoms with Gasteiger partial charge in [0.15, 0.2) is 5.96 Å². The van der Waals surface area contributed by atoms with Gasteiger partial charge in [0.2, 0.25) is 0 Å². The molecule has 0 saturated carbocycles. The van der Waals surface area contributed by atoms with Gasteiger partial charge in [0, 0.05) is 36.9 Å². The minimum Gasteiger partial charge on any atom is -0.383 e. The Morgan fingerprint density at radius 2 is 2.00 bits per heavy atom. The van der Waals surface area contributed by atoms with Gasteiger partial charge in [-0.1, -0.05) is 23.7 Å². The van der Waals surface area contributed by atoms with Crippen molar-refractivity contribution in [1.29, 1.82) is 0 Å². The van der Waals surface area contributed by atoms with Crippen LogP contribution < -0.4 is 10.6 Å². The normalized spacial score (nSPS) is 13.7. The first-order valence-corrected chi connectivity index (χ1v) is 8.76. The van der Waals surface area contributed by atoms with E-state index < -0.39 is 5.60 Å². The first-order chi connectivity index (χ1) is 11.9. The highest BCUT2D eigenvalue weighted by atomic mass is 127. The Labute approximate surface area is 177 Å². The molecule has 8 heteroatoms. The van der Waals surface area contributed by atoms with Crippen molar-refractivity contribution >= 4 is 41.5 Å². The van der Waals surface area contributed by atoms with Crippen LogP contribution in [0.2, 0.25) is 5.02 Å². The maximum absolute atomic E-state index is 10.6. The Morgan fingerprint density at radius 3 is 2.58 bits per heavy atom. The van der Waals surface area contributed by atoms with E-state index in [1.54, 1.807) is 24.0 Å². The average molecular weight is 492 g/mol. The van der Waals surface area contributed by atoms with Crippen molar-refractivity contribution in [2.45, 2.75) is 25.9 Å². The number of nitrogens with one attached hydrogen (secondary N) is 2. The first kappa shape index (κ1) is 22.7. The van der Waals surface area contributed by atoms with Gasteiger partial charge in [-0.15, -0.1) is 24.0 Å². The summed E-state index contributed by atoms with van der Waals surface area (Å²) in [5.74, 6) is 0.681. The fourth-order valence-electron chi connectivity index (χ4n) is 2.34. The third-order valence-electron chi connectivity index (χ3n) is 3.84. The molecular formula is C18H27ClIN5O. The summed E-state index contributed by atoms with van der Waals surface area (Å²) >= 11 is 5.90. The molecule has 0 radical (unpaired) electrons. The number of guanidine groups is 1. The number of aryl methyl sites for hydroxylation is 1. The van der Waals surface area contributed by atoms with E-state index in [0.29, 0.717) is 5.96 Å². The lowest BCUT2D eigenvalue weighted by Gasteiger charge is -2.20. The van der Waals surface area contributed by atoms with Crippen LogP contribution in [-0.4, -0.2) is 40.5 Å². The molecule has 0 amide bonds. The zero-order valence-corrected chi connectivity index (χ0v) is 18.5. The van der Waals surface area contributed by atoms with Gasteiger partial charge in [0.25, 0.3) is 0 Å². The molecule has 1 heterocycles. The molecule has 6 nitrogen and oxygen atoms in total. The van der Waals surface area contributed by atoms with Crippen LogP contribution in [0.25, 0.3) is 0 Å². The van der Waals surface area contributed by atoms with Gasteiger partial charge in [-0.25, -0.2) is 4.99 Å². The summed E-state index contributed by atoms with van der Waals surface area (Å²) in [5.41, 5.74) is 0.887. The van der Waals surface area contributed by atoms with Crippen molar-refractivity contribution in [1.82, 2.24) is 20.4 Å². The number of aliphatic hydroxyl groups is 1. The molecular weight excluding hydrogens is 465 g/mol. The molecule has 1 unspecified atom stereocenters. The highest BCUT2D eigenvalue weighted by Gasteiger charge is 2.24. The van der Waals surface area contributed by atoms with Crippen molar-refractivity contribution in [3.63, 3.8) is 0 Å². The number of rotatable bonds is 7. The van der Waals surface area contributed by atoms with Crippen molar-refractivity contribution < 1.29 is 5.11 Å². The lowest BCUT2D eigenvalue weighted by molar-refractivity contribution is 0.0672. The molecule has 26 heavy (non-hydrogen) atoms. The average Bonchev–Trinajstić information content (AvgIpc) is 3.02. The van der Waals surface area contributed by atoms with Crippen LogP contribution in [-0.2, 0) is 19.1 Å². The number of aliphatic imine (C=N–C) groups is 1. The number of halogens is 2. The van der Waals surface area contributed by atoms with E-state index in [1.165, 1.54) is 5.56 Å². The van der Waals surface area contributed by atoms with Gasteiger partial charge >= 0.3 is 0 Å². The van der Waals surface area contributed by atoms with E-state index in [0.717, 1.165) is 30.1 Å². The molecule has 3 N–H and O–H groups in total. The topological polar surface area (TPSA) is 74.5 Å². The zero-order valence-electron chi connectivity index (χ0n) is 15.4. The minimum absolute atomic E-state index is 0. The Hall–Kier alpha value is -1.32. The second-order valence-electron chi connectivity index (χ2n) is 6.17. The van der Waals surface area contributed by atoms with E-state index >= 15 is 0 Å². The molecule has 0 aliphatic heterocycles. The van der Waals surface area contributed by atoms with Crippen molar-refractivity contribution in [3.8, 4) is 0 Å². The summed E-state index contributed by atoms with van der Waals surface area (Å²) in [6.07, 6.45) is 4.33. The van der Waals surface area contributed by atoms with Crippen molar-refractivity contribution in [2.24, 2.45) is 12.0 Å². The molecule has 144 valence electrons. The summed E-state index contributed by atoms with van der Waals surface area (Å²) in [6, 6.07) is 7.81. The summed E-state index contributed by atoms with van der Waals surface area (Å²) < 4.78 is 1.67. The maximum Gasteiger partial charge on any atom is 0.191 e. The molecule has 1 atom stereocenters. The molecule has 0 spiro atoms. The Balaban J connectivity index is 0.00000338. The highest BCUT2D eigenvalue weighted by Crippen LogP contribution is 2.19. The highest BCUT2D eigenvalue weighted by molar-refractivity contribution is 14.0. The monoisotopic (exact) mass is 491 g/mol. The van der Waals surface area contributed by atoms with Gasteiger partial charge in [0.05, 0.1) is 12.7 Å². The Morgan fingerprint density at radius 1 is 1.31 bits per heavy atom. The quantitative estimate of drug-likeness (QED) is 0.316. The van der Waals surface area contributed by atoms with Crippen LogP contribution in [0.15, 0.2) is 41.7 Å². The summed E-state index contributed by atoms with van der Waals surface area (Å²) in [7, 11) is 1.82. The van der Waals surface area contributed by atoms with E-state index in [1.807, 2.05) is 38.2 Å². The second-order valence-corrected chi connectivity index (χ2v) is 6.61. The molecule has 1 aromatic heterocycles. The van der Waals surface area contributed by atoms with E-state index in [-0.39, 0.29) is 30.5 Å². The van der Waals surface area contributed by atoms with E-state index in [4.69, 9.17) is 11.6 Å². The molecule has 0 aliphatic carbocycles. The number of nitrogens with zero attached hydrogens (tertiary/aromatic N) is 3. The zero-order chi connectivity index (χ0) is 18.3. The predicted molar refractivity (Wildman–Crippen MR) is 117 cm³/mol. The number of benzene rings is 1. The summed E-state index contributed by atoms with van der Waals surface area (Å²) in [6.45, 7) is 5.49. The molecule has 2 aromatic rings.